The Hall–Kier alpha value is -3.86. The largest absolute Gasteiger partial charge is 0.497 e. The molecule has 3 aromatic rings. The topological polar surface area (TPSA) is 61.8 Å². The van der Waals surface area contributed by atoms with E-state index in [1.54, 1.807) is 49.4 Å². The summed E-state index contributed by atoms with van der Waals surface area (Å²) in [7, 11) is 1.53. The normalized spacial score (nSPS) is 13.8. The van der Waals surface area contributed by atoms with Gasteiger partial charge in [-0.25, -0.2) is 4.79 Å². The van der Waals surface area contributed by atoms with Crippen LogP contribution in [0, 0.1) is 6.92 Å². The summed E-state index contributed by atoms with van der Waals surface area (Å²) in [5, 5.41) is 0. The van der Waals surface area contributed by atoms with Crippen LogP contribution in [0.1, 0.15) is 57.2 Å². The first-order chi connectivity index (χ1) is 15.4. The fraction of sp³-hybridized carbons (Fsp3) is 0.185. The molecule has 0 bridgehead atoms. The molecule has 0 atom stereocenters. The van der Waals surface area contributed by atoms with E-state index in [0.717, 1.165) is 5.56 Å². The highest BCUT2D eigenvalue weighted by molar-refractivity contribution is 6.15. The van der Waals surface area contributed by atoms with Gasteiger partial charge in [0.1, 0.15) is 17.2 Å². The molecule has 0 spiro atoms. The van der Waals surface area contributed by atoms with Crippen LogP contribution in [0.4, 0.5) is 0 Å². The Labute approximate surface area is 187 Å². The Morgan fingerprint density at radius 3 is 2.44 bits per heavy atom. The number of allylic oxidation sites excluding steroid dienone is 1. The molecule has 5 nitrogen and oxygen atoms in total. The molecule has 0 aliphatic carbocycles. The second kappa shape index (κ2) is 8.71. The van der Waals surface area contributed by atoms with Crippen molar-refractivity contribution < 1.29 is 23.8 Å². The number of methoxy groups -OCH3 is 1. The second-order valence-electron chi connectivity index (χ2n) is 8.00. The summed E-state index contributed by atoms with van der Waals surface area (Å²) < 4.78 is 16.5. The Bertz CT molecular complexity index is 1220. The van der Waals surface area contributed by atoms with Crippen LogP contribution >= 0.6 is 0 Å². The van der Waals surface area contributed by atoms with Gasteiger partial charge in [0.2, 0.25) is 5.78 Å². The van der Waals surface area contributed by atoms with Crippen LogP contribution in [0.15, 0.2) is 66.4 Å². The van der Waals surface area contributed by atoms with Crippen molar-refractivity contribution in [2.75, 3.05) is 7.11 Å². The third kappa shape index (κ3) is 4.28. The Kier molecular flexibility index (Phi) is 5.82. The van der Waals surface area contributed by atoms with Crippen LogP contribution in [0.5, 0.6) is 17.2 Å². The Balaban J connectivity index is 1.57. The van der Waals surface area contributed by atoms with Gasteiger partial charge >= 0.3 is 5.97 Å². The fourth-order valence-corrected chi connectivity index (χ4v) is 3.58. The summed E-state index contributed by atoms with van der Waals surface area (Å²) in [6.45, 7) is 6.06. The van der Waals surface area contributed by atoms with Crippen LogP contribution in [-0.2, 0) is 0 Å². The molecule has 4 rings (SSSR count). The molecule has 0 saturated carbocycles. The third-order valence-electron chi connectivity index (χ3n) is 5.36. The molecule has 0 radical (unpaired) electrons. The number of ether oxygens (including phenoxy) is 3. The number of Topliss-reactive ketones (excluding diaryl/α,β-unsaturated/α-hetero) is 1. The molecule has 0 aromatic heterocycles. The summed E-state index contributed by atoms with van der Waals surface area (Å²) in [6, 6.07) is 18.0. The summed E-state index contributed by atoms with van der Waals surface area (Å²) >= 11 is 0. The zero-order chi connectivity index (χ0) is 22.8. The number of rotatable bonds is 5. The van der Waals surface area contributed by atoms with Crippen LogP contribution in [0.2, 0.25) is 0 Å². The lowest BCUT2D eigenvalue weighted by Crippen LogP contribution is -2.09. The van der Waals surface area contributed by atoms with Crippen molar-refractivity contribution in [3.63, 3.8) is 0 Å². The molecule has 0 unspecified atom stereocenters. The van der Waals surface area contributed by atoms with E-state index in [1.165, 1.54) is 12.7 Å². The maximum Gasteiger partial charge on any atom is 0.343 e. The minimum atomic E-state index is -0.520. The molecular weight excluding hydrogens is 404 g/mol. The number of ketones is 1. The van der Waals surface area contributed by atoms with Gasteiger partial charge in [-0.3, -0.25) is 4.79 Å². The van der Waals surface area contributed by atoms with Crippen molar-refractivity contribution in [3.05, 3.63) is 94.2 Å². The third-order valence-corrected chi connectivity index (χ3v) is 5.36. The lowest BCUT2D eigenvalue weighted by atomic mass is 10.0. The molecule has 0 saturated heterocycles. The van der Waals surface area contributed by atoms with Gasteiger partial charge in [-0.1, -0.05) is 44.2 Å². The molecule has 0 amide bonds. The number of carbonyl (C=O) groups is 2. The number of hydrogen-bond acceptors (Lipinski definition) is 5. The molecule has 1 aliphatic rings. The molecule has 1 aliphatic heterocycles. The first-order valence-electron chi connectivity index (χ1n) is 10.4. The maximum atomic E-state index is 12.9. The van der Waals surface area contributed by atoms with E-state index in [4.69, 9.17) is 14.2 Å². The minimum Gasteiger partial charge on any atom is -0.497 e. The molecule has 162 valence electrons. The molecule has 3 aromatic carbocycles. The van der Waals surface area contributed by atoms with Crippen LogP contribution in [-0.4, -0.2) is 18.9 Å². The van der Waals surface area contributed by atoms with E-state index >= 15 is 0 Å². The van der Waals surface area contributed by atoms with Crippen molar-refractivity contribution in [1.82, 2.24) is 0 Å². The van der Waals surface area contributed by atoms with Gasteiger partial charge in [-0.15, -0.1) is 0 Å². The Morgan fingerprint density at radius 2 is 1.75 bits per heavy atom. The summed E-state index contributed by atoms with van der Waals surface area (Å²) in [6.07, 6.45) is 1.73. The van der Waals surface area contributed by atoms with Crippen LogP contribution < -0.4 is 14.2 Å². The molecule has 5 heteroatoms. The maximum absolute atomic E-state index is 12.9. The smallest absolute Gasteiger partial charge is 0.343 e. The predicted octanol–water partition coefficient (Wildman–Crippen LogP) is 5.96. The fourth-order valence-electron chi connectivity index (χ4n) is 3.58. The average molecular weight is 428 g/mol. The van der Waals surface area contributed by atoms with E-state index in [2.05, 4.69) is 13.8 Å². The van der Waals surface area contributed by atoms with E-state index in [-0.39, 0.29) is 11.5 Å². The van der Waals surface area contributed by atoms with Crippen LogP contribution in [0.3, 0.4) is 0 Å². The van der Waals surface area contributed by atoms with Crippen molar-refractivity contribution in [3.8, 4) is 17.2 Å². The monoisotopic (exact) mass is 428 g/mol. The molecular formula is C27H24O5. The molecule has 0 N–H and O–H groups in total. The van der Waals surface area contributed by atoms with Gasteiger partial charge in [-0.05, 0) is 59.9 Å². The predicted molar refractivity (Wildman–Crippen MR) is 123 cm³/mol. The highest BCUT2D eigenvalue weighted by Gasteiger charge is 2.30. The quantitative estimate of drug-likeness (QED) is 0.285. The number of fused-ring (bicyclic) bond motifs is 1. The first kappa shape index (κ1) is 21.4. The zero-order valence-corrected chi connectivity index (χ0v) is 18.5. The average Bonchev–Trinajstić information content (AvgIpc) is 3.09. The van der Waals surface area contributed by atoms with Gasteiger partial charge in [0.15, 0.2) is 5.76 Å². The molecule has 32 heavy (non-hydrogen) atoms. The van der Waals surface area contributed by atoms with E-state index in [0.29, 0.717) is 39.9 Å². The standard InChI is InChI=1S/C27H24O5/c1-16(2)19-10-8-18(9-11-19)13-24-26(28)25-17(3)12-22(15-23(25)32-24)31-27(29)20-6-5-7-21(14-20)30-4/h5-16H,1-4H3/b24-13-. The van der Waals surface area contributed by atoms with Gasteiger partial charge < -0.3 is 14.2 Å². The molecule has 0 fully saturated rings. The highest BCUT2D eigenvalue weighted by Crippen LogP contribution is 2.37. The molecule has 1 heterocycles. The van der Waals surface area contributed by atoms with Gasteiger partial charge in [0.05, 0.1) is 18.2 Å². The zero-order valence-electron chi connectivity index (χ0n) is 18.5. The lowest BCUT2D eigenvalue weighted by Gasteiger charge is -2.08. The number of hydrogen-bond donors (Lipinski definition) is 0. The van der Waals surface area contributed by atoms with Crippen molar-refractivity contribution in [2.24, 2.45) is 0 Å². The second-order valence-corrected chi connectivity index (χ2v) is 8.00. The van der Waals surface area contributed by atoms with Gasteiger partial charge in [0, 0.05) is 6.07 Å². The van der Waals surface area contributed by atoms with E-state index in [1.807, 2.05) is 24.3 Å². The number of carbonyl (C=O) groups excluding carboxylic acids is 2. The van der Waals surface area contributed by atoms with Crippen molar-refractivity contribution >= 4 is 17.8 Å². The van der Waals surface area contributed by atoms with E-state index in [9.17, 15) is 9.59 Å². The summed E-state index contributed by atoms with van der Waals surface area (Å²) in [5.41, 5.74) is 3.64. The highest BCUT2D eigenvalue weighted by atomic mass is 16.5. The summed E-state index contributed by atoms with van der Waals surface area (Å²) in [5.74, 6) is 1.24. The van der Waals surface area contributed by atoms with Crippen molar-refractivity contribution in [2.45, 2.75) is 26.7 Å². The van der Waals surface area contributed by atoms with Gasteiger partial charge in [-0.2, -0.15) is 0 Å². The first-order valence-corrected chi connectivity index (χ1v) is 10.4. The van der Waals surface area contributed by atoms with E-state index < -0.39 is 5.97 Å². The van der Waals surface area contributed by atoms with Crippen molar-refractivity contribution in [1.29, 1.82) is 0 Å². The Morgan fingerprint density at radius 1 is 1.00 bits per heavy atom. The number of aryl methyl sites for hydroxylation is 1. The van der Waals surface area contributed by atoms with Crippen LogP contribution in [0.25, 0.3) is 6.08 Å². The minimum absolute atomic E-state index is 0.184. The summed E-state index contributed by atoms with van der Waals surface area (Å²) in [4.78, 5) is 25.4. The van der Waals surface area contributed by atoms with Gasteiger partial charge in [0.25, 0.3) is 0 Å². The lowest BCUT2D eigenvalue weighted by molar-refractivity contribution is 0.0734. The SMILES string of the molecule is COc1cccc(C(=O)Oc2cc(C)c3c(c2)O/C(=C\c2ccc(C(C)C)cc2)C3=O)c1. The number of esters is 1. The number of benzene rings is 3.